The molecule has 0 aliphatic carbocycles. The van der Waals surface area contributed by atoms with E-state index in [1.165, 1.54) is 0 Å². The lowest BCUT2D eigenvalue weighted by molar-refractivity contribution is -0.122. The normalized spacial score (nSPS) is 11.0. The Balaban J connectivity index is 1.89. The van der Waals surface area contributed by atoms with Crippen molar-refractivity contribution in [3.63, 3.8) is 0 Å². The van der Waals surface area contributed by atoms with E-state index in [1.54, 1.807) is 14.2 Å². The number of guanidine groups is 1. The molecule has 1 amide bonds. The van der Waals surface area contributed by atoms with E-state index < -0.39 is 0 Å². The Kier molecular flexibility index (Phi) is 8.82. The summed E-state index contributed by atoms with van der Waals surface area (Å²) >= 11 is 0. The minimum absolute atomic E-state index is 0.0109. The monoisotopic (exact) mass is 398 g/mol. The van der Waals surface area contributed by atoms with Crippen LogP contribution in [0.25, 0.3) is 0 Å². The molecule has 2 rings (SSSR count). The zero-order valence-electron chi connectivity index (χ0n) is 17.6. The van der Waals surface area contributed by atoms with E-state index >= 15 is 0 Å². The first-order chi connectivity index (χ1) is 14.0. The maximum absolute atomic E-state index is 11.5. The van der Waals surface area contributed by atoms with Crippen molar-refractivity contribution in [2.45, 2.75) is 20.0 Å². The van der Waals surface area contributed by atoms with E-state index in [9.17, 15) is 4.79 Å². The third-order valence-electron chi connectivity index (χ3n) is 4.25. The smallest absolute Gasteiger partial charge is 0.257 e. The van der Waals surface area contributed by atoms with Crippen LogP contribution >= 0.6 is 0 Å². The average Bonchev–Trinajstić information content (AvgIpc) is 2.74. The molecule has 0 aromatic heterocycles. The van der Waals surface area contributed by atoms with Gasteiger partial charge < -0.3 is 25.0 Å². The van der Waals surface area contributed by atoms with Crippen LogP contribution < -0.4 is 20.1 Å². The van der Waals surface area contributed by atoms with Crippen LogP contribution in [0.3, 0.4) is 0 Å². The van der Waals surface area contributed by atoms with Crippen molar-refractivity contribution in [3.05, 3.63) is 59.7 Å². The minimum Gasteiger partial charge on any atom is -0.497 e. The topological polar surface area (TPSA) is 75.2 Å². The van der Waals surface area contributed by atoms with Crippen molar-refractivity contribution in [3.8, 4) is 11.5 Å². The predicted octanol–water partition coefficient (Wildman–Crippen LogP) is 2.42. The van der Waals surface area contributed by atoms with Crippen molar-refractivity contribution in [2.75, 3.05) is 34.4 Å². The minimum atomic E-state index is -0.128. The summed E-state index contributed by atoms with van der Waals surface area (Å²) in [7, 11) is 5.41. The molecule has 7 nitrogen and oxygen atoms in total. The van der Waals surface area contributed by atoms with Gasteiger partial charge in [-0.1, -0.05) is 24.3 Å². The van der Waals surface area contributed by atoms with Gasteiger partial charge in [-0.15, -0.1) is 0 Å². The van der Waals surface area contributed by atoms with E-state index in [1.807, 2.05) is 62.5 Å². The van der Waals surface area contributed by atoms with Crippen LogP contribution in [-0.4, -0.2) is 51.1 Å². The molecule has 2 N–H and O–H groups in total. The fourth-order valence-corrected chi connectivity index (χ4v) is 2.79. The van der Waals surface area contributed by atoms with Crippen LogP contribution in [0, 0.1) is 0 Å². The predicted molar refractivity (Wildman–Crippen MR) is 115 cm³/mol. The third-order valence-corrected chi connectivity index (χ3v) is 4.25. The first-order valence-corrected chi connectivity index (χ1v) is 9.58. The second-order valence-electron chi connectivity index (χ2n) is 6.49. The van der Waals surface area contributed by atoms with E-state index in [2.05, 4.69) is 20.5 Å². The summed E-state index contributed by atoms with van der Waals surface area (Å²) in [5, 5.41) is 6.07. The third kappa shape index (κ3) is 7.37. The Labute approximate surface area is 172 Å². The number of ether oxygens (including phenoxy) is 2. The van der Waals surface area contributed by atoms with Crippen LogP contribution in [0.4, 0.5) is 0 Å². The molecule has 2 aromatic rings. The Morgan fingerprint density at radius 1 is 1.07 bits per heavy atom. The summed E-state index contributed by atoms with van der Waals surface area (Å²) in [6.07, 6.45) is 0. The molecule has 156 valence electrons. The van der Waals surface area contributed by atoms with Gasteiger partial charge >= 0.3 is 0 Å². The van der Waals surface area contributed by atoms with Crippen LogP contribution in [-0.2, 0) is 17.9 Å². The van der Waals surface area contributed by atoms with Gasteiger partial charge in [-0.2, -0.15) is 0 Å². The molecule has 0 bridgehead atoms. The fraction of sp³-hybridized carbons (Fsp3) is 0.364. The summed E-state index contributed by atoms with van der Waals surface area (Å²) in [6.45, 7) is 3.80. The largest absolute Gasteiger partial charge is 0.497 e. The summed E-state index contributed by atoms with van der Waals surface area (Å²) in [6, 6.07) is 15.7. The van der Waals surface area contributed by atoms with Gasteiger partial charge in [0.25, 0.3) is 5.91 Å². The lowest BCUT2D eigenvalue weighted by Gasteiger charge is -2.22. The fourth-order valence-electron chi connectivity index (χ4n) is 2.79. The highest BCUT2D eigenvalue weighted by atomic mass is 16.5. The zero-order valence-corrected chi connectivity index (χ0v) is 17.6. The second-order valence-corrected chi connectivity index (χ2v) is 6.49. The van der Waals surface area contributed by atoms with Gasteiger partial charge in [-0.25, -0.2) is 0 Å². The second kappa shape index (κ2) is 11.6. The number of hydrogen-bond donors (Lipinski definition) is 2. The number of carbonyl (C=O) groups is 1. The molecule has 0 fully saturated rings. The highest BCUT2D eigenvalue weighted by Gasteiger charge is 2.08. The molecule has 0 saturated heterocycles. The van der Waals surface area contributed by atoms with E-state index in [0.717, 1.165) is 29.4 Å². The SMILES string of the molecule is CCNC(=O)COc1cccc(CNC(=NC)N(C)Cc2ccc(OC)cc2)c1. The zero-order chi connectivity index (χ0) is 21.1. The first kappa shape index (κ1) is 22.1. The Bertz CT molecular complexity index is 806. The molecule has 2 aromatic carbocycles. The van der Waals surface area contributed by atoms with Crippen LogP contribution in [0.15, 0.2) is 53.5 Å². The number of carbonyl (C=O) groups excluding carboxylic acids is 1. The molecule has 0 saturated carbocycles. The number of benzene rings is 2. The van der Waals surface area contributed by atoms with Crippen molar-refractivity contribution < 1.29 is 14.3 Å². The molecule has 0 atom stereocenters. The lowest BCUT2D eigenvalue weighted by Crippen LogP contribution is -2.38. The van der Waals surface area contributed by atoms with Crippen LogP contribution in [0.5, 0.6) is 11.5 Å². The molecule has 0 aliphatic heterocycles. The molecular formula is C22H30N4O3. The molecule has 0 radical (unpaired) electrons. The lowest BCUT2D eigenvalue weighted by atomic mass is 10.2. The number of likely N-dealkylation sites (N-methyl/N-ethyl adjacent to an activating group) is 1. The Hall–Kier alpha value is -3.22. The van der Waals surface area contributed by atoms with E-state index in [4.69, 9.17) is 9.47 Å². The summed E-state index contributed by atoms with van der Waals surface area (Å²) in [5.41, 5.74) is 2.20. The van der Waals surface area contributed by atoms with Crippen molar-refractivity contribution in [1.29, 1.82) is 0 Å². The summed E-state index contributed by atoms with van der Waals surface area (Å²) in [5.74, 6) is 2.16. The molecule has 0 heterocycles. The highest BCUT2D eigenvalue weighted by Crippen LogP contribution is 2.14. The van der Waals surface area contributed by atoms with E-state index in [-0.39, 0.29) is 12.5 Å². The number of hydrogen-bond acceptors (Lipinski definition) is 4. The molecular weight excluding hydrogens is 368 g/mol. The number of nitrogens with one attached hydrogen (secondary N) is 2. The standard InChI is InChI=1S/C22H30N4O3/c1-5-24-21(27)16-29-20-8-6-7-18(13-20)14-25-22(23-2)26(3)15-17-9-11-19(28-4)12-10-17/h6-13H,5,14-16H2,1-4H3,(H,23,25)(H,24,27). The Morgan fingerprint density at radius 3 is 2.48 bits per heavy atom. The van der Waals surface area contributed by atoms with Gasteiger partial charge in [0.15, 0.2) is 12.6 Å². The number of rotatable bonds is 9. The van der Waals surface area contributed by atoms with Gasteiger partial charge in [0, 0.05) is 33.7 Å². The average molecular weight is 399 g/mol. The first-order valence-electron chi connectivity index (χ1n) is 9.58. The van der Waals surface area contributed by atoms with E-state index in [0.29, 0.717) is 18.8 Å². The number of aliphatic imine (C=N–C) groups is 1. The number of methoxy groups -OCH3 is 1. The maximum Gasteiger partial charge on any atom is 0.257 e. The summed E-state index contributed by atoms with van der Waals surface area (Å²) < 4.78 is 10.7. The van der Waals surface area contributed by atoms with Crippen LogP contribution in [0.2, 0.25) is 0 Å². The van der Waals surface area contributed by atoms with Crippen molar-refractivity contribution >= 4 is 11.9 Å². The molecule has 0 unspecified atom stereocenters. The van der Waals surface area contributed by atoms with Crippen LogP contribution in [0.1, 0.15) is 18.1 Å². The van der Waals surface area contributed by atoms with Gasteiger partial charge in [-0.3, -0.25) is 9.79 Å². The van der Waals surface area contributed by atoms with Gasteiger partial charge in [0.2, 0.25) is 0 Å². The number of amides is 1. The molecule has 7 heteroatoms. The van der Waals surface area contributed by atoms with Crippen molar-refractivity contribution in [2.24, 2.45) is 4.99 Å². The number of nitrogens with zero attached hydrogens (tertiary/aromatic N) is 2. The maximum atomic E-state index is 11.5. The summed E-state index contributed by atoms with van der Waals surface area (Å²) in [4.78, 5) is 18.0. The quantitative estimate of drug-likeness (QED) is 0.501. The van der Waals surface area contributed by atoms with Gasteiger partial charge in [0.05, 0.1) is 7.11 Å². The van der Waals surface area contributed by atoms with Gasteiger partial charge in [0.1, 0.15) is 11.5 Å². The highest BCUT2D eigenvalue weighted by molar-refractivity contribution is 5.79. The molecule has 0 aliphatic rings. The van der Waals surface area contributed by atoms with Crippen molar-refractivity contribution in [1.82, 2.24) is 15.5 Å². The molecule has 29 heavy (non-hydrogen) atoms. The van der Waals surface area contributed by atoms with Gasteiger partial charge in [-0.05, 0) is 42.3 Å². The Morgan fingerprint density at radius 2 is 1.83 bits per heavy atom. The molecule has 0 spiro atoms.